The van der Waals surface area contributed by atoms with Crippen molar-refractivity contribution in [2.24, 2.45) is 0 Å². The van der Waals surface area contributed by atoms with E-state index in [2.05, 4.69) is 33.6 Å². The number of rotatable bonds is 6. The second-order valence-electron chi connectivity index (χ2n) is 6.40. The lowest BCUT2D eigenvalue weighted by molar-refractivity contribution is 0.137. The molecule has 1 aromatic heterocycles. The average molecular weight is 276 g/mol. The summed E-state index contributed by atoms with van der Waals surface area (Å²) in [6, 6.07) is 2.30. The highest BCUT2D eigenvalue weighted by molar-refractivity contribution is 5.01. The maximum atomic E-state index is 4.34. The Hall–Kier alpha value is -0.870. The van der Waals surface area contributed by atoms with E-state index in [4.69, 9.17) is 0 Å². The summed E-state index contributed by atoms with van der Waals surface area (Å²) in [7, 11) is 0. The van der Waals surface area contributed by atoms with Crippen molar-refractivity contribution in [3.8, 4) is 0 Å². The van der Waals surface area contributed by atoms with Gasteiger partial charge >= 0.3 is 0 Å². The molecule has 1 N–H and O–H groups in total. The van der Waals surface area contributed by atoms with E-state index in [0.29, 0.717) is 0 Å². The third-order valence-corrected chi connectivity index (χ3v) is 5.00. The normalized spacial score (nSPS) is 29.2. The summed E-state index contributed by atoms with van der Waals surface area (Å²) in [5.41, 5.74) is 1.37. The minimum absolute atomic E-state index is 0.753. The van der Waals surface area contributed by atoms with E-state index < -0.39 is 0 Å². The summed E-state index contributed by atoms with van der Waals surface area (Å²) in [5, 5.41) is 3.75. The van der Waals surface area contributed by atoms with Crippen LogP contribution in [0, 0.1) is 0 Å². The Labute approximate surface area is 122 Å². The number of nitrogens with one attached hydrogen (secondary N) is 1. The second kappa shape index (κ2) is 6.27. The van der Waals surface area contributed by atoms with Gasteiger partial charge in [0.25, 0.3) is 0 Å². The molecular formula is C16H28N4. The van der Waals surface area contributed by atoms with Gasteiger partial charge in [-0.2, -0.15) is 0 Å². The molecule has 2 aliphatic rings. The number of aromatic nitrogens is 2. The monoisotopic (exact) mass is 276 g/mol. The SMILES string of the molecule is CCCn1cncc1CN(CC)C1CC2CCC(C1)N2. The number of hydrogen-bond donors (Lipinski definition) is 1. The molecule has 20 heavy (non-hydrogen) atoms. The predicted octanol–water partition coefficient (Wildman–Crippen LogP) is 2.40. The van der Waals surface area contributed by atoms with Crippen LogP contribution in [0.4, 0.5) is 0 Å². The van der Waals surface area contributed by atoms with Crippen LogP contribution < -0.4 is 5.32 Å². The lowest BCUT2D eigenvalue weighted by Gasteiger charge is -2.37. The van der Waals surface area contributed by atoms with E-state index in [0.717, 1.165) is 37.8 Å². The third-order valence-electron chi connectivity index (χ3n) is 5.00. The minimum Gasteiger partial charge on any atom is -0.333 e. The molecule has 4 nitrogen and oxygen atoms in total. The molecule has 112 valence electrons. The molecule has 1 aromatic rings. The zero-order valence-electron chi connectivity index (χ0n) is 12.9. The van der Waals surface area contributed by atoms with Crippen LogP contribution in [0.25, 0.3) is 0 Å². The van der Waals surface area contributed by atoms with Gasteiger partial charge in [-0.3, -0.25) is 4.90 Å². The molecule has 2 saturated heterocycles. The first-order chi connectivity index (χ1) is 9.80. The van der Waals surface area contributed by atoms with Gasteiger partial charge in [0.15, 0.2) is 0 Å². The number of hydrogen-bond acceptors (Lipinski definition) is 3. The smallest absolute Gasteiger partial charge is 0.0948 e. The van der Waals surface area contributed by atoms with Gasteiger partial charge in [-0.05, 0) is 38.6 Å². The van der Waals surface area contributed by atoms with Crippen LogP contribution in [0.1, 0.15) is 51.6 Å². The van der Waals surface area contributed by atoms with Crippen LogP contribution in [0.3, 0.4) is 0 Å². The molecule has 3 heterocycles. The van der Waals surface area contributed by atoms with E-state index in [1.807, 2.05) is 12.5 Å². The van der Waals surface area contributed by atoms with Crippen LogP contribution in [-0.4, -0.2) is 39.1 Å². The van der Waals surface area contributed by atoms with Crippen molar-refractivity contribution in [3.63, 3.8) is 0 Å². The van der Waals surface area contributed by atoms with Gasteiger partial charge in [0, 0.05) is 37.4 Å². The fourth-order valence-corrected chi connectivity index (χ4v) is 3.95. The molecule has 2 unspecified atom stereocenters. The van der Waals surface area contributed by atoms with Crippen molar-refractivity contribution in [1.82, 2.24) is 19.8 Å². The molecule has 2 bridgehead atoms. The van der Waals surface area contributed by atoms with Crippen molar-refractivity contribution in [2.75, 3.05) is 6.54 Å². The molecule has 0 aliphatic carbocycles. The largest absolute Gasteiger partial charge is 0.333 e. The minimum atomic E-state index is 0.753. The summed E-state index contributed by atoms with van der Waals surface area (Å²) in [6.07, 6.45) is 10.6. The van der Waals surface area contributed by atoms with E-state index >= 15 is 0 Å². The molecule has 4 heteroatoms. The van der Waals surface area contributed by atoms with Crippen LogP contribution >= 0.6 is 0 Å². The van der Waals surface area contributed by atoms with E-state index in [-0.39, 0.29) is 0 Å². The zero-order valence-corrected chi connectivity index (χ0v) is 12.9. The van der Waals surface area contributed by atoms with E-state index in [1.165, 1.54) is 37.8 Å². The van der Waals surface area contributed by atoms with Crippen molar-refractivity contribution in [1.29, 1.82) is 0 Å². The number of imidazole rings is 1. The maximum Gasteiger partial charge on any atom is 0.0948 e. The molecule has 2 fully saturated rings. The Morgan fingerprint density at radius 2 is 2.05 bits per heavy atom. The van der Waals surface area contributed by atoms with Crippen LogP contribution in [0.5, 0.6) is 0 Å². The van der Waals surface area contributed by atoms with Gasteiger partial charge < -0.3 is 9.88 Å². The third kappa shape index (κ3) is 2.91. The van der Waals surface area contributed by atoms with Gasteiger partial charge in [0.05, 0.1) is 12.0 Å². The van der Waals surface area contributed by atoms with Crippen molar-refractivity contribution in [2.45, 2.75) is 77.2 Å². The highest BCUT2D eigenvalue weighted by Gasteiger charge is 2.35. The van der Waals surface area contributed by atoms with Crippen LogP contribution in [0.2, 0.25) is 0 Å². The first-order valence-corrected chi connectivity index (χ1v) is 8.29. The summed E-state index contributed by atoms with van der Waals surface area (Å²) < 4.78 is 2.32. The molecule has 0 spiro atoms. The van der Waals surface area contributed by atoms with Crippen molar-refractivity contribution in [3.05, 3.63) is 18.2 Å². The molecule has 0 aromatic carbocycles. The maximum absolute atomic E-state index is 4.34. The first-order valence-electron chi connectivity index (χ1n) is 8.29. The second-order valence-corrected chi connectivity index (χ2v) is 6.40. The van der Waals surface area contributed by atoms with Crippen LogP contribution in [-0.2, 0) is 13.1 Å². The average Bonchev–Trinajstić information content (AvgIpc) is 3.03. The molecule has 0 amide bonds. The predicted molar refractivity (Wildman–Crippen MR) is 81.6 cm³/mol. The topological polar surface area (TPSA) is 33.1 Å². The molecule has 2 aliphatic heterocycles. The first kappa shape index (κ1) is 14.1. The molecular weight excluding hydrogens is 248 g/mol. The number of piperidine rings is 1. The quantitative estimate of drug-likeness (QED) is 0.866. The zero-order chi connectivity index (χ0) is 13.9. The molecule has 0 saturated carbocycles. The summed E-state index contributed by atoms with van der Waals surface area (Å²) in [4.78, 5) is 7.00. The molecule has 0 radical (unpaired) electrons. The number of fused-ring (bicyclic) bond motifs is 2. The standard InChI is InChI=1S/C16H28N4/c1-3-7-20-12-17-10-16(20)11-19(4-2)15-8-13-5-6-14(9-15)18-13/h10,12-15,18H,3-9,11H2,1-2H3. The van der Waals surface area contributed by atoms with Crippen LogP contribution in [0.15, 0.2) is 12.5 Å². The van der Waals surface area contributed by atoms with E-state index in [9.17, 15) is 0 Å². The molecule has 3 rings (SSSR count). The van der Waals surface area contributed by atoms with Gasteiger partial charge in [-0.1, -0.05) is 13.8 Å². The lowest BCUT2D eigenvalue weighted by atomic mass is 9.98. The fourth-order valence-electron chi connectivity index (χ4n) is 3.95. The van der Waals surface area contributed by atoms with Gasteiger partial charge in [0.2, 0.25) is 0 Å². The number of aryl methyl sites for hydroxylation is 1. The summed E-state index contributed by atoms with van der Waals surface area (Å²) in [6.45, 7) is 7.81. The van der Waals surface area contributed by atoms with E-state index in [1.54, 1.807) is 0 Å². The highest BCUT2D eigenvalue weighted by atomic mass is 15.2. The Kier molecular flexibility index (Phi) is 4.41. The Morgan fingerprint density at radius 1 is 1.30 bits per heavy atom. The van der Waals surface area contributed by atoms with Crippen molar-refractivity contribution >= 4 is 0 Å². The summed E-state index contributed by atoms with van der Waals surface area (Å²) >= 11 is 0. The Balaban J connectivity index is 1.66. The van der Waals surface area contributed by atoms with Gasteiger partial charge in [-0.25, -0.2) is 4.98 Å². The lowest BCUT2D eigenvalue weighted by Crippen LogP contribution is -2.48. The fraction of sp³-hybridized carbons (Fsp3) is 0.812. The number of nitrogens with zero attached hydrogens (tertiary/aromatic N) is 3. The Morgan fingerprint density at radius 3 is 2.70 bits per heavy atom. The Bertz CT molecular complexity index is 416. The highest BCUT2D eigenvalue weighted by Crippen LogP contribution is 2.30. The van der Waals surface area contributed by atoms with Gasteiger partial charge in [0.1, 0.15) is 0 Å². The van der Waals surface area contributed by atoms with Crippen molar-refractivity contribution < 1.29 is 0 Å². The summed E-state index contributed by atoms with van der Waals surface area (Å²) in [5.74, 6) is 0. The molecule has 2 atom stereocenters. The van der Waals surface area contributed by atoms with Gasteiger partial charge in [-0.15, -0.1) is 0 Å².